The molecule has 55 valence electrons. The molecular formula is C6H13O3. The molecule has 0 saturated carbocycles. The Morgan fingerprint density at radius 3 is 2.78 bits per heavy atom. The Hall–Kier alpha value is -0.120. The van der Waals surface area contributed by atoms with Crippen LogP contribution in [0.1, 0.15) is 13.3 Å². The van der Waals surface area contributed by atoms with Crippen molar-refractivity contribution in [2.24, 2.45) is 0 Å². The Labute approximate surface area is 55.3 Å². The van der Waals surface area contributed by atoms with Crippen molar-refractivity contribution < 1.29 is 14.9 Å². The molecule has 1 unspecified atom stereocenters. The van der Waals surface area contributed by atoms with Gasteiger partial charge in [0.05, 0.1) is 6.61 Å². The largest absolute Gasteiger partial charge is 0.388 e. The summed E-state index contributed by atoms with van der Waals surface area (Å²) in [6.07, 6.45) is 0.0922. The van der Waals surface area contributed by atoms with Crippen molar-refractivity contribution in [2.45, 2.75) is 19.4 Å². The van der Waals surface area contributed by atoms with Gasteiger partial charge in [0.25, 0.3) is 0 Å². The van der Waals surface area contributed by atoms with Crippen LogP contribution in [0.5, 0.6) is 0 Å². The Morgan fingerprint density at radius 2 is 2.33 bits per heavy atom. The second kappa shape index (κ2) is 6.01. The molecule has 3 heteroatoms. The molecule has 0 aliphatic heterocycles. The lowest BCUT2D eigenvalue weighted by Crippen LogP contribution is -2.15. The summed E-state index contributed by atoms with van der Waals surface area (Å²) in [4.78, 5) is 0. The molecule has 0 aliphatic carbocycles. The number of aliphatic hydroxyl groups is 2. The quantitative estimate of drug-likeness (QED) is 0.530. The van der Waals surface area contributed by atoms with Crippen molar-refractivity contribution in [1.82, 2.24) is 0 Å². The van der Waals surface area contributed by atoms with Crippen molar-refractivity contribution in [3.8, 4) is 0 Å². The lowest BCUT2D eigenvalue weighted by Gasteiger charge is -2.05. The fourth-order valence-corrected chi connectivity index (χ4v) is 0.391. The van der Waals surface area contributed by atoms with Crippen LogP contribution in [0.4, 0.5) is 0 Å². The van der Waals surface area contributed by atoms with E-state index in [9.17, 15) is 0 Å². The fourth-order valence-electron chi connectivity index (χ4n) is 0.391. The maximum atomic E-state index is 8.65. The Balaban J connectivity index is 2.88. The highest BCUT2D eigenvalue weighted by Gasteiger charge is 1.99. The van der Waals surface area contributed by atoms with E-state index >= 15 is 0 Å². The van der Waals surface area contributed by atoms with Crippen molar-refractivity contribution in [2.75, 3.05) is 13.2 Å². The van der Waals surface area contributed by atoms with Crippen molar-refractivity contribution in [3.05, 3.63) is 6.61 Å². The van der Waals surface area contributed by atoms with E-state index < -0.39 is 6.10 Å². The van der Waals surface area contributed by atoms with Gasteiger partial charge in [-0.05, 0) is 6.42 Å². The van der Waals surface area contributed by atoms with E-state index in [1.165, 1.54) is 0 Å². The van der Waals surface area contributed by atoms with Crippen LogP contribution in [-0.2, 0) is 4.74 Å². The average Bonchev–Trinajstić information content (AvgIpc) is 1.89. The molecule has 0 bridgehead atoms. The van der Waals surface area contributed by atoms with Gasteiger partial charge >= 0.3 is 0 Å². The van der Waals surface area contributed by atoms with Crippen LogP contribution in [0.3, 0.4) is 0 Å². The summed E-state index contributed by atoms with van der Waals surface area (Å²) in [5, 5.41) is 16.8. The normalized spacial score (nSPS) is 13.7. The van der Waals surface area contributed by atoms with Crippen molar-refractivity contribution in [3.63, 3.8) is 0 Å². The van der Waals surface area contributed by atoms with Gasteiger partial charge in [0, 0.05) is 6.61 Å². The summed E-state index contributed by atoms with van der Waals surface area (Å²) < 4.78 is 4.89. The summed E-state index contributed by atoms with van der Waals surface area (Å²) in [6, 6.07) is 0. The molecule has 0 aromatic heterocycles. The molecule has 0 aromatic rings. The van der Waals surface area contributed by atoms with Crippen LogP contribution >= 0.6 is 0 Å². The van der Waals surface area contributed by atoms with E-state index in [4.69, 9.17) is 14.9 Å². The molecule has 0 amide bonds. The number of hydrogen-bond donors (Lipinski definition) is 2. The standard InChI is InChI=1S/C6H13O3/c1-2-3-9-5-6(8)4-7/h4,6-8H,2-3,5H2,1H3. The third-order valence-electron chi connectivity index (χ3n) is 0.809. The molecule has 0 heterocycles. The monoisotopic (exact) mass is 133 g/mol. The molecule has 0 spiro atoms. The van der Waals surface area contributed by atoms with E-state index in [0.29, 0.717) is 6.61 Å². The minimum atomic E-state index is -0.837. The summed E-state index contributed by atoms with van der Waals surface area (Å²) in [5.41, 5.74) is 0. The molecule has 1 atom stereocenters. The average molecular weight is 133 g/mol. The van der Waals surface area contributed by atoms with E-state index in [1.807, 2.05) is 6.92 Å². The SMILES string of the molecule is CCCOCC(O)[CH]O. The van der Waals surface area contributed by atoms with Crippen LogP contribution in [0.25, 0.3) is 0 Å². The first-order valence-electron chi connectivity index (χ1n) is 3.04. The van der Waals surface area contributed by atoms with E-state index in [-0.39, 0.29) is 6.61 Å². The number of rotatable bonds is 5. The minimum absolute atomic E-state index is 0.185. The van der Waals surface area contributed by atoms with Gasteiger partial charge in [-0.15, -0.1) is 0 Å². The zero-order valence-electron chi connectivity index (χ0n) is 5.58. The summed E-state index contributed by atoms with van der Waals surface area (Å²) >= 11 is 0. The molecular weight excluding hydrogens is 120 g/mol. The molecule has 1 radical (unpaired) electrons. The van der Waals surface area contributed by atoms with Gasteiger partial charge in [-0.3, -0.25) is 0 Å². The molecule has 0 rings (SSSR count). The second-order valence-electron chi connectivity index (χ2n) is 1.79. The van der Waals surface area contributed by atoms with E-state index in [2.05, 4.69) is 0 Å². The number of hydrogen-bond acceptors (Lipinski definition) is 3. The van der Waals surface area contributed by atoms with Gasteiger partial charge in [0.15, 0.2) is 0 Å². The highest BCUT2D eigenvalue weighted by Crippen LogP contribution is 1.87. The first-order chi connectivity index (χ1) is 4.31. The van der Waals surface area contributed by atoms with E-state index in [0.717, 1.165) is 13.0 Å². The van der Waals surface area contributed by atoms with Gasteiger partial charge in [-0.2, -0.15) is 0 Å². The maximum Gasteiger partial charge on any atom is 0.111 e. The van der Waals surface area contributed by atoms with Crippen LogP contribution < -0.4 is 0 Å². The zero-order chi connectivity index (χ0) is 7.11. The topological polar surface area (TPSA) is 49.7 Å². The summed E-state index contributed by atoms with van der Waals surface area (Å²) in [6.45, 7) is 3.51. The van der Waals surface area contributed by atoms with Crippen molar-refractivity contribution >= 4 is 0 Å². The predicted octanol–water partition coefficient (Wildman–Crippen LogP) is 0.308. The molecule has 0 fully saturated rings. The van der Waals surface area contributed by atoms with Gasteiger partial charge < -0.3 is 14.9 Å². The van der Waals surface area contributed by atoms with Gasteiger partial charge in [0.1, 0.15) is 12.7 Å². The molecule has 0 aliphatic rings. The van der Waals surface area contributed by atoms with E-state index in [1.54, 1.807) is 0 Å². The maximum absolute atomic E-state index is 8.65. The molecule has 3 nitrogen and oxygen atoms in total. The smallest absolute Gasteiger partial charge is 0.111 e. The van der Waals surface area contributed by atoms with Crippen LogP contribution in [0.2, 0.25) is 0 Å². The molecule has 9 heavy (non-hydrogen) atoms. The first kappa shape index (κ1) is 8.88. The summed E-state index contributed by atoms with van der Waals surface area (Å²) in [7, 11) is 0. The number of ether oxygens (including phenoxy) is 1. The van der Waals surface area contributed by atoms with Crippen molar-refractivity contribution in [1.29, 1.82) is 0 Å². The molecule has 0 saturated heterocycles. The third kappa shape index (κ3) is 5.76. The highest BCUT2D eigenvalue weighted by atomic mass is 16.5. The first-order valence-corrected chi connectivity index (χ1v) is 3.04. The van der Waals surface area contributed by atoms with Crippen LogP contribution in [0.15, 0.2) is 0 Å². The third-order valence-corrected chi connectivity index (χ3v) is 0.809. The second-order valence-corrected chi connectivity index (χ2v) is 1.79. The zero-order valence-corrected chi connectivity index (χ0v) is 5.58. The lowest BCUT2D eigenvalue weighted by molar-refractivity contribution is 0.0311. The lowest BCUT2D eigenvalue weighted by atomic mass is 10.4. The molecule has 2 N–H and O–H groups in total. The fraction of sp³-hybridized carbons (Fsp3) is 0.833. The molecule has 0 aromatic carbocycles. The van der Waals surface area contributed by atoms with Gasteiger partial charge in [-0.25, -0.2) is 0 Å². The van der Waals surface area contributed by atoms with Crippen LogP contribution in [-0.4, -0.2) is 29.5 Å². The van der Waals surface area contributed by atoms with Gasteiger partial charge in [-0.1, -0.05) is 6.92 Å². The summed E-state index contributed by atoms with van der Waals surface area (Å²) in [5.74, 6) is 0. The van der Waals surface area contributed by atoms with Gasteiger partial charge in [0.2, 0.25) is 0 Å². The minimum Gasteiger partial charge on any atom is -0.388 e. The Bertz CT molecular complexity index is 56.3. The number of aliphatic hydroxyl groups excluding tert-OH is 2. The van der Waals surface area contributed by atoms with Crippen LogP contribution in [0, 0.1) is 6.61 Å². The predicted molar refractivity (Wildman–Crippen MR) is 33.4 cm³/mol. The Morgan fingerprint density at radius 1 is 1.67 bits per heavy atom. The highest BCUT2D eigenvalue weighted by molar-refractivity contribution is 4.60. The Kier molecular flexibility index (Phi) is 5.93.